The van der Waals surface area contributed by atoms with E-state index in [-0.39, 0.29) is 5.91 Å². The van der Waals surface area contributed by atoms with Crippen molar-refractivity contribution in [2.75, 3.05) is 26.2 Å². The molecule has 0 spiro atoms. The third-order valence-corrected chi connectivity index (χ3v) is 3.96. The number of hydrogen-bond donors (Lipinski definition) is 0. The van der Waals surface area contributed by atoms with E-state index in [0.717, 1.165) is 54.5 Å². The van der Waals surface area contributed by atoms with E-state index in [2.05, 4.69) is 4.90 Å². The van der Waals surface area contributed by atoms with E-state index in [1.807, 2.05) is 29.2 Å². The number of carbonyl (C=O) groups excluding carboxylic acids is 1. The van der Waals surface area contributed by atoms with Gasteiger partial charge in [0.05, 0.1) is 6.54 Å². The van der Waals surface area contributed by atoms with Gasteiger partial charge in [-0.15, -0.1) is 0 Å². The Hall–Kier alpha value is -1.52. The maximum atomic E-state index is 11.3. The van der Waals surface area contributed by atoms with Crippen LogP contribution in [-0.2, 0) is 11.3 Å². The summed E-state index contributed by atoms with van der Waals surface area (Å²) >= 11 is 5.98. The molecule has 1 aliphatic rings. The molecule has 1 amide bonds. The summed E-state index contributed by atoms with van der Waals surface area (Å²) in [5.74, 6) is 1.10. The molecule has 0 radical (unpaired) electrons. The zero-order chi connectivity index (χ0) is 14.1. The maximum absolute atomic E-state index is 11.3. The van der Waals surface area contributed by atoms with Crippen molar-refractivity contribution in [3.63, 3.8) is 0 Å². The Labute approximate surface area is 122 Å². The van der Waals surface area contributed by atoms with Crippen LogP contribution in [-0.4, -0.2) is 41.9 Å². The van der Waals surface area contributed by atoms with Gasteiger partial charge in [0.1, 0.15) is 11.3 Å². The van der Waals surface area contributed by atoms with Gasteiger partial charge >= 0.3 is 0 Å². The summed E-state index contributed by atoms with van der Waals surface area (Å²) in [6.07, 6.45) is 0. The molecule has 1 aliphatic heterocycles. The van der Waals surface area contributed by atoms with Crippen molar-refractivity contribution in [3.8, 4) is 0 Å². The second-order valence-electron chi connectivity index (χ2n) is 5.18. The predicted octanol–water partition coefficient (Wildman–Crippen LogP) is 2.75. The van der Waals surface area contributed by atoms with Crippen molar-refractivity contribution in [2.45, 2.75) is 13.5 Å². The minimum absolute atomic E-state index is 0.156. The lowest BCUT2D eigenvalue weighted by Gasteiger charge is -2.33. The third kappa shape index (κ3) is 2.81. The molecule has 0 saturated carbocycles. The van der Waals surface area contributed by atoms with Crippen molar-refractivity contribution < 1.29 is 9.21 Å². The molecular formula is C15H17ClN2O2. The second-order valence-corrected chi connectivity index (χ2v) is 5.61. The third-order valence-electron chi connectivity index (χ3n) is 3.73. The molecule has 4 nitrogen and oxygen atoms in total. The van der Waals surface area contributed by atoms with Gasteiger partial charge in [-0.3, -0.25) is 9.69 Å². The van der Waals surface area contributed by atoms with E-state index < -0.39 is 0 Å². The largest absolute Gasteiger partial charge is 0.460 e. The Morgan fingerprint density at radius 3 is 2.70 bits per heavy atom. The molecule has 1 aromatic carbocycles. The van der Waals surface area contributed by atoms with Crippen LogP contribution in [0.1, 0.15) is 12.7 Å². The van der Waals surface area contributed by atoms with Gasteiger partial charge in [-0.25, -0.2) is 0 Å². The molecular weight excluding hydrogens is 276 g/mol. The molecule has 5 heteroatoms. The van der Waals surface area contributed by atoms with Crippen LogP contribution >= 0.6 is 11.6 Å². The fourth-order valence-corrected chi connectivity index (χ4v) is 2.77. The summed E-state index contributed by atoms with van der Waals surface area (Å²) in [7, 11) is 0. The number of piperazine rings is 1. The van der Waals surface area contributed by atoms with Crippen LogP contribution in [0.4, 0.5) is 0 Å². The lowest BCUT2D eigenvalue weighted by Crippen LogP contribution is -2.47. The summed E-state index contributed by atoms with van der Waals surface area (Å²) in [6, 6.07) is 7.69. The summed E-state index contributed by atoms with van der Waals surface area (Å²) in [5, 5.41) is 1.76. The lowest BCUT2D eigenvalue weighted by atomic mass is 10.2. The maximum Gasteiger partial charge on any atom is 0.219 e. The topological polar surface area (TPSA) is 36.7 Å². The number of rotatable bonds is 2. The van der Waals surface area contributed by atoms with Crippen molar-refractivity contribution in [1.29, 1.82) is 0 Å². The lowest BCUT2D eigenvalue weighted by molar-refractivity contribution is -0.130. The fraction of sp³-hybridized carbons (Fsp3) is 0.400. The molecule has 0 aliphatic carbocycles. The highest BCUT2D eigenvalue weighted by atomic mass is 35.5. The quantitative estimate of drug-likeness (QED) is 0.854. The number of hydrogen-bond acceptors (Lipinski definition) is 3. The van der Waals surface area contributed by atoms with Crippen LogP contribution in [0.15, 0.2) is 28.7 Å². The average molecular weight is 293 g/mol. The van der Waals surface area contributed by atoms with Gasteiger partial charge in [-0.2, -0.15) is 0 Å². The van der Waals surface area contributed by atoms with E-state index in [1.54, 1.807) is 6.92 Å². The summed E-state index contributed by atoms with van der Waals surface area (Å²) in [5.41, 5.74) is 0.867. The van der Waals surface area contributed by atoms with Gasteiger partial charge < -0.3 is 9.32 Å². The second kappa shape index (κ2) is 5.46. The summed E-state index contributed by atoms with van der Waals surface area (Å²) < 4.78 is 5.82. The van der Waals surface area contributed by atoms with E-state index >= 15 is 0 Å². The van der Waals surface area contributed by atoms with Crippen LogP contribution < -0.4 is 0 Å². The van der Waals surface area contributed by atoms with Gasteiger partial charge in [0, 0.05) is 43.5 Å². The number of halogens is 1. The van der Waals surface area contributed by atoms with Gasteiger partial charge in [0.25, 0.3) is 0 Å². The number of carbonyl (C=O) groups is 1. The minimum Gasteiger partial charge on any atom is -0.460 e. The van der Waals surface area contributed by atoms with Crippen molar-refractivity contribution in [3.05, 3.63) is 35.0 Å². The van der Waals surface area contributed by atoms with Crippen molar-refractivity contribution in [2.24, 2.45) is 0 Å². The zero-order valence-corrected chi connectivity index (χ0v) is 12.2. The molecule has 0 unspecified atom stereocenters. The Bertz CT molecular complexity index is 630. The molecule has 0 atom stereocenters. The Morgan fingerprint density at radius 2 is 2.00 bits per heavy atom. The smallest absolute Gasteiger partial charge is 0.219 e. The number of fused-ring (bicyclic) bond motifs is 1. The van der Waals surface area contributed by atoms with E-state index in [1.165, 1.54) is 0 Å². The number of furan rings is 1. The predicted molar refractivity (Wildman–Crippen MR) is 78.8 cm³/mol. The Kier molecular flexibility index (Phi) is 3.68. The Morgan fingerprint density at radius 1 is 1.25 bits per heavy atom. The molecule has 106 valence electrons. The molecule has 1 aromatic heterocycles. The van der Waals surface area contributed by atoms with E-state index in [9.17, 15) is 4.79 Å². The summed E-state index contributed by atoms with van der Waals surface area (Å²) in [4.78, 5) is 15.5. The first-order valence-corrected chi connectivity index (χ1v) is 7.15. The highest BCUT2D eigenvalue weighted by Crippen LogP contribution is 2.24. The Balaban J connectivity index is 1.66. The highest BCUT2D eigenvalue weighted by molar-refractivity contribution is 6.31. The normalized spacial score (nSPS) is 16.8. The molecule has 0 N–H and O–H groups in total. The van der Waals surface area contributed by atoms with Gasteiger partial charge in [-0.05, 0) is 24.3 Å². The summed E-state index contributed by atoms with van der Waals surface area (Å²) in [6.45, 7) is 5.76. The standard InChI is InChI=1S/C15H17ClN2O2/c1-11(19)18-6-4-17(5-7-18)10-14-9-12-8-13(16)2-3-15(12)20-14/h2-3,8-9H,4-7,10H2,1H3. The minimum atomic E-state index is 0.156. The van der Waals surface area contributed by atoms with E-state index in [0.29, 0.717) is 0 Å². The van der Waals surface area contributed by atoms with Gasteiger partial charge in [-0.1, -0.05) is 11.6 Å². The average Bonchev–Trinajstić information content (AvgIpc) is 2.80. The first kappa shape index (κ1) is 13.5. The van der Waals surface area contributed by atoms with E-state index in [4.69, 9.17) is 16.0 Å². The van der Waals surface area contributed by atoms with Crippen LogP contribution in [0, 0.1) is 0 Å². The SMILES string of the molecule is CC(=O)N1CCN(Cc2cc3cc(Cl)ccc3o2)CC1. The number of amides is 1. The van der Waals surface area contributed by atoms with Crippen molar-refractivity contribution in [1.82, 2.24) is 9.80 Å². The van der Waals surface area contributed by atoms with Crippen LogP contribution in [0.25, 0.3) is 11.0 Å². The molecule has 1 saturated heterocycles. The number of benzene rings is 1. The van der Waals surface area contributed by atoms with Crippen LogP contribution in [0.2, 0.25) is 5.02 Å². The van der Waals surface area contributed by atoms with Gasteiger partial charge in [0.2, 0.25) is 5.91 Å². The molecule has 2 heterocycles. The van der Waals surface area contributed by atoms with Crippen molar-refractivity contribution >= 4 is 28.5 Å². The zero-order valence-electron chi connectivity index (χ0n) is 11.4. The first-order valence-electron chi connectivity index (χ1n) is 6.78. The fourth-order valence-electron chi connectivity index (χ4n) is 2.59. The molecule has 2 aromatic rings. The monoisotopic (exact) mass is 292 g/mol. The molecule has 3 rings (SSSR count). The van der Waals surface area contributed by atoms with Crippen LogP contribution in [0.5, 0.6) is 0 Å². The highest BCUT2D eigenvalue weighted by Gasteiger charge is 2.19. The molecule has 0 bridgehead atoms. The molecule has 20 heavy (non-hydrogen) atoms. The first-order chi connectivity index (χ1) is 9.61. The van der Waals surface area contributed by atoms with Crippen LogP contribution in [0.3, 0.4) is 0 Å². The number of nitrogens with zero attached hydrogens (tertiary/aromatic N) is 2. The van der Waals surface area contributed by atoms with Gasteiger partial charge in [0.15, 0.2) is 0 Å². The molecule has 1 fully saturated rings.